The Morgan fingerprint density at radius 2 is 2.15 bits per heavy atom. The molecule has 1 aliphatic heterocycles. The van der Waals surface area contributed by atoms with Gasteiger partial charge < -0.3 is 11.1 Å². The third kappa shape index (κ3) is 2.88. The second-order valence-electron chi connectivity index (χ2n) is 6.42. The van der Waals surface area contributed by atoms with E-state index >= 15 is 0 Å². The fourth-order valence-corrected chi connectivity index (χ4v) is 3.37. The number of rotatable bonds is 4. The largest absolute Gasteiger partial charge is 0.366 e. The molecule has 108 valence electrons. The number of hydrogen-bond acceptors (Lipinski definition) is 2. The molecule has 20 heavy (non-hydrogen) atoms. The van der Waals surface area contributed by atoms with E-state index in [-0.39, 0.29) is 5.91 Å². The Morgan fingerprint density at radius 1 is 1.35 bits per heavy atom. The van der Waals surface area contributed by atoms with E-state index in [1.165, 1.54) is 36.8 Å². The predicted octanol–water partition coefficient (Wildman–Crippen LogP) is 2.51. The van der Waals surface area contributed by atoms with E-state index in [0.29, 0.717) is 5.92 Å². The van der Waals surface area contributed by atoms with Crippen molar-refractivity contribution in [1.82, 2.24) is 5.32 Å². The Hall–Kier alpha value is -1.35. The molecule has 0 bridgehead atoms. The molecular weight excluding hydrogens is 248 g/mol. The maximum atomic E-state index is 11.8. The van der Waals surface area contributed by atoms with E-state index in [1.807, 2.05) is 0 Å². The van der Waals surface area contributed by atoms with Gasteiger partial charge in [-0.2, -0.15) is 0 Å². The van der Waals surface area contributed by atoms with E-state index in [2.05, 4.69) is 24.4 Å². The molecule has 0 radical (unpaired) electrons. The van der Waals surface area contributed by atoms with Gasteiger partial charge >= 0.3 is 0 Å². The molecule has 0 aromatic heterocycles. The highest BCUT2D eigenvalue weighted by atomic mass is 16.1. The molecule has 1 aliphatic carbocycles. The zero-order valence-corrected chi connectivity index (χ0v) is 12.2. The van der Waals surface area contributed by atoms with Crippen molar-refractivity contribution in [3.63, 3.8) is 0 Å². The average Bonchev–Trinajstić information content (AvgIpc) is 3.23. The Balaban J connectivity index is 1.93. The minimum Gasteiger partial charge on any atom is -0.366 e. The molecule has 2 fully saturated rings. The summed E-state index contributed by atoms with van der Waals surface area (Å²) in [5, 5.41) is 3.45. The van der Waals surface area contributed by atoms with Crippen molar-refractivity contribution in [2.45, 2.75) is 44.9 Å². The molecule has 1 aromatic carbocycles. The van der Waals surface area contributed by atoms with Gasteiger partial charge in [-0.05, 0) is 80.2 Å². The number of nitrogens with one attached hydrogen (secondary N) is 1. The fraction of sp³-hybridized carbons (Fsp3) is 0.588. The van der Waals surface area contributed by atoms with Gasteiger partial charge in [0.05, 0.1) is 0 Å². The Bertz CT molecular complexity index is 514. The first kappa shape index (κ1) is 13.6. The highest BCUT2D eigenvalue weighted by Crippen LogP contribution is 2.35. The Morgan fingerprint density at radius 3 is 2.75 bits per heavy atom. The number of amides is 1. The smallest absolute Gasteiger partial charge is 0.248 e. The number of primary amides is 1. The molecule has 3 N–H and O–H groups in total. The number of piperidine rings is 1. The number of hydrogen-bond donors (Lipinski definition) is 2. The van der Waals surface area contributed by atoms with Crippen molar-refractivity contribution < 1.29 is 4.79 Å². The second kappa shape index (κ2) is 5.57. The third-order valence-electron chi connectivity index (χ3n) is 4.70. The quantitative estimate of drug-likeness (QED) is 0.885. The lowest BCUT2D eigenvalue weighted by Crippen LogP contribution is -2.29. The van der Waals surface area contributed by atoms with Crippen molar-refractivity contribution in [2.75, 3.05) is 13.1 Å². The molecule has 1 atom stereocenters. The van der Waals surface area contributed by atoms with Crippen molar-refractivity contribution in [1.29, 1.82) is 0 Å². The minimum absolute atomic E-state index is 0.273. The molecule has 1 unspecified atom stereocenters. The van der Waals surface area contributed by atoms with Gasteiger partial charge in [0, 0.05) is 12.1 Å². The maximum Gasteiger partial charge on any atom is 0.248 e. The monoisotopic (exact) mass is 272 g/mol. The van der Waals surface area contributed by atoms with Crippen LogP contribution in [0.15, 0.2) is 12.1 Å². The predicted molar refractivity (Wildman–Crippen MR) is 81.0 cm³/mol. The fourth-order valence-electron chi connectivity index (χ4n) is 3.37. The third-order valence-corrected chi connectivity index (χ3v) is 4.70. The first-order valence-corrected chi connectivity index (χ1v) is 7.79. The van der Waals surface area contributed by atoms with Crippen molar-refractivity contribution in [3.05, 3.63) is 34.4 Å². The standard InChI is InChI=1S/C17H24N2O/c1-11-7-14(8-12-4-5-12)16(17(18)20)9-15(11)13-3-2-6-19-10-13/h7,9,12-13,19H,2-6,8,10H2,1H3,(H2,18,20). The summed E-state index contributed by atoms with van der Waals surface area (Å²) in [4.78, 5) is 11.8. The van der Waals surface area contributed by atoms with Crippen molar-refractivity contribution in [2.24, 2.45) is 11.7 Å². The van der Waals surface area contributed by atoms with Gasteiger partial charge in [-0.15, -0.1) is 0 Å². The summed E-state index contributed by atoms with van der Waals surface area (Å²) >= 11 is 0. The summed E-state index contributed by atoms with van der Waals surface area (Å²) in [6, 6.07) is 4.29. The number of carbonyl (C=O) groups is 1. The molecule has 1 heterocycles. The van der Waals surface area contributed by atoms with Gasteiger partial charge in [0.25, 0.3) is 0 Å². The van der Waals surface area contributed by atoms with Gasteiger partial charge in [-0.25, -0.2) is 0 Å². The molecule has 2 aliphatic rings. The number of benzene rings is 1. The topological polar surface area (TPSA) is 55.1 Å². The number of aryl methyl sites for hydroxylation is 1. The van der Waals surface area contributed by atoms with Crippen LogP contribution in [0.5, 0.6) is 0 Å². The second-order valence-corrected chi connectivity index (χ2v) is 6.42. The Kier molecular flexibility index (Phi) is 3.79. The molecule has 1 aromatic rings. The summed E-state index contributed by atoms with van der Waals surface area (Å²) in [7, 11) is 0. The van der Waals surface area contributed by atoms with Crippen LogP contribution in [0.25, 0.3) is 0 Å². The van der Waals surface area contributed by atoms with Crippen LogP contribution in [0.4, 0.5) is 0 Å². The molecule has 0 spiro atoms. The minimum atomic E-state index is -0.273. The Labute approximate surface area is 120 Å². The van der Waals surface area contributed by atoms with E-state index in [1.54, 1.807) is 0 Å². The van der Waals surface area contributed by atoms with E-state index in [4.69, 9.17) is 5.73 Å². The average molecular weight is 272 g/mol. The van der Waals surface area contributed by atoms with Crippen LogP contribution in [0.3, 0.4) is 0 Å². The number of carbonyl (C=O) groups excluding carboxylic acids is 1. The summed E-state index contributed by atoms with van der Waals surface area (Å²) in [6.07, 6.45) is 6.02. The zero-order valence-electron chi connectivity index (χ0n) is 12.2. The maximum absolute atomic E-state index is 11.8. The highest BCUT2D eigenvalue weighted by Gasteiger charge is 2.25. The summed E-state index contributed by atoms with van der Waals surface area (Å²) in [5.74, 6) is 1.03. The summed E-state index contributed by atoms with van der Waals surface area (Å²) in [6.45, 7) is 4.30. The van der Waals surface area contributed by atoms with Crippen LogP contribution in [-0.2, 0) is 6.42 Å². The van der Waals surface area contributed by atoms with E-state index in [9.17, 15) is 4.79 Å². The summed E-state index contributed by atoms with van der Waals surface area (Å²) in [5.41, 5.74) is 10.1. The molecule has 3 rings (SSSR count). The number of nitrogens with two attached hydrogens (primary N) is 1. The lowest BCUT2D eigenvalue weighted by molar-refractivity contribution is 0.0999. The van der Waals surface area contributed by atoms with Crippen LogP contribution in [0.1, 0.15) is 58.6 Å². The van der Waals surface area contributed by atoms with Crippen LogP contribution < -0.4 is 11.1 Å². The van der Waals surface area contributed by atoms with Crippen molar-refractivity contribution in [3.8, 4) is 0 Å². The first-order valence-electron chi connectivity index (χ1n) is 7.79. The lowest BCUT2D eigenvalue weighted by atomic mass is 9.85. The highest BCUT2D eigenvalue weighted by molar-refractivity contribution is 5.94. The van der Waals surface area contributed by atoms with Gasteiger partial charge in [-0.1, -0.05) is 6.07 Å². The van der Waals surface area contributed by atoms with Gasteiger partial charge in [0.1, 0.15) is 0 Å². The lowest BCUT2D eigenvalue weighted by Gasteiger charge is -2.25. The van der Waals surface area contributed by atoms with Crippen LogP contribution in [0, 0.1) is 12.8 Å². The van der Waals surface area contributed by atoms with Gasteiger partial charge in [0.15, 0.2) is 0 Å². The van der Waals surface area contributed by atoms with E-state index < -0.39 is 0 Å². The normalized spacial score (nSPS) is 22.8. The SMILES string of the molecule is Cc1cc(CC2CC2)c(C(N)=O)cc1C1CCCNC1. The van der Waals surface area contributed by atoms with Crippen LogP contribution in [-0.4, -0.2) is 19.0 Å². The zero-order chi connectivity index (χ0) is 14.1. The molecule has 1 saturated heterocycles. The first-order chi connectivity index (χ1) is 9.65. The van der Waals surface area contributed by atoms with Gasteiger partial charge in [-0.3, -0.25) is 4.79 Å². The van der Waals surface area contributed by atoms with Crippen molar-refractivity contribution >= 4 is 5.91 Å². The molecule has 3 nitrogen and oxygen atoms in total. The molecule has 1 saturated carbocycles. The van der Waals surface area contributed by atoms with Crippen LogP contribution >= 0.6 is 0 Å². The summed E-state index contributed by atoms with van der Waals surface area (Å²) < 4.78 is 0. The molecular formula is C17H24N2O. The van der Waals surface area contributed by atoms with Gasteiger partial charge in [0.2, 0.25) is 5.91 Å². The van der Waals surface area contributed by atoms with Crippen LogP contribution in [0.2, 0.25) is 0 Å². The van der Waals surface area contributed by atoms with E-state index in [0.717, 1.165) is 36.6 Å². The molecule has 3 heteroatoms. The molecule has 1 amide bonds.